The maximum atomic E-state index is 11.0. The minimum Gasteiger partial charge on any atom is -0.397 e. The first-order valence-corrected chi connectivity index (χ1v) is 6.87. The first-order chi connectivity index (χ1) is 9.49. The molecule has 0 aliphatic heterocycles. The van der Waals surface area contributed by atoms with Crippen molar-refractivity contribution in [2.75, 3.05) is 5.73 Å². The minimum atomic E-state index is -0.396. The Morgan fingerprint density at radius 3 is 2.75 bits per heavy atom. The first kappa shape index (κ1) is 14.0. The second-order valence-corrected chi connectivity index (χ2v) is 5.40. The van der Waals surface area contributed by atoms with Gasteiger partial charge in [0.25, 0.3) is 5.69 Å². The van der Waals surface area contributed by atoms with Gasteiger partial charge in [0, 0.05) is 16.5 Å². The predicted molar refractivity (Wildman–Crippen MR) is 79.7 cm³/mol. The van der Waals surface area contributed by atoms with Crippen LogP contribution in [0, 0.1) is 28.4 Å². The van der Waals surface area contributed by atoms with E-state index in [1.54, 1.807) is 19.1 Å². The number of nitrogens with two attached hydrogens (primary N) is 1. The van der Waals surface area contributed by atoms with Gasteiger partial charge in [-0.05, 0) is 24.5 Å². The van der Waals surface area contributed by atoms with Crippen LogP contribution in [0.5, 0.6) is 0 Å². The molecule has 20 heavy (non-hydrogen) atoms. The Morgan fingerprint density at radius 2 is 2.20 bits per heavy atom. The van der Waals surface area contributed by atoms with Crippen LogP contribution in [0.3, 0.4) is 0 Å². The fourth-order valence-electron chi connectivity index (χ4n) is 2.09. The van der Waals surface area contributed by atoms with Gasteiger partial charge in [0.05, 0.1) is 10.6 Å². The van der Waals surface area contributed by atoms with Gasteiger partial charge < -0.3 is 5.73 Å². The van der Waals surface area contributed by atoms with Crippen LogP contribution in [0.1, 0.15) is 22.9 Å². The zero-order chi connectivity index (χ0) is 14.9. The zero-order valence-electron chi connectivity index (χ0n) is 11.1. The highest BCUT2D eigenvalue weighted by atomic mass is 32.1. The molecule has 0 amide bonds. The average molecular weight is 287 g/mol. The highest BCUT2D eigenvalue weighted by Crippen LogP contribution is 2.40. The average Bonchev–Trinajstić information content (AvgIpc) is 2.75. The lowest BCUT2D eigenvalue weighted by atomic mass is 10.0. The summed E-state index contributed by atoms with van der Waals surface area (Å²) in [5.41, 5.74) is 8.73. The molecular weight excluding hydrogens is 274 g/mol. The van der Waals surface area contributed by atoms with E-state index in [0.717, 1.165) is 16.0 Å². The van der Waals surface area contributed by atoms with E-state index in [-0.39, 0.29) is 5.69 Å². The van der Waals surface area contributed by atoms with Gasteiger partial charge in [0.2, 0.25) is 0 Å². The van der Waals surface area contributed by atoms with Crippen molar-refractivity contribution >= 4 is 22.7 Å². The molecule has 2 N–H and O–H groups in total. The number of thiophene rings is 1. The van der Waals surface area contributed by atoms with Crippen molar-refractivity contribution in [1.82, 2.24) is 0 Å². The van der Waals surface area contributed by atoms with E-state index in [1.165, 1.54) is 11.3 Å². The molecule has 0 bridgehead atoms. The highest BCUT2D eigenvalue weighted by Gasteiger charge is 2.18. The number of hydrogen-bond donors (Lipinski definition) is 1. The number of aryl methyl sites for hydroxylation is 1. The molecule has 0 radical (unpaired) electrons. The van der Waals surface area contributed by atoms with E-state index in [1.807, 2.05) is 13.0 Å². The van der Waals surface area contributed by atoms with Gasteiger partial charge in [-0.1, -0.05) is 19.1 Å². The third kappa shape index (κ3) is 2.24. The quantitative estimate of drug-likeness (QED) is 0.688. The Balaban J connectivity index is 2.66. The van der Waals surface area contributed by atoms with Gasteiger partial charge in [-0.15, -0.1) is 11.3 Å². The number of anilines is 1. The summed E-state index contributed by atoms with van der Waals surface area (Å²) in [5.74, 6) is 0. The van der Waals surface area contributed by atoms with Crippen molar-refractivity contribution in [3.63, 3.8) is 0 Å². The fraction of sp³-hybridized carbons (Fsp3) is 0.214. The van der Waals surface area contributed by atoms with Gasteiger partial charge >= 0.3 is 0 Å². The Kier molecular flexibility index (Phi) is 3.72. The van der Waals surface area contributed by atoms with Crippen LogP contribution in [0.4, 0.5) is 11.4 Å². The number of nitrogens with zero attached hydrogens (tertiary/aromatic N) is 2. The van der Waals surface area contributed by atoms with Crippen molar-refractivity contribution in [3.8, 4) is 16.5 Å². The molecule has 1 aromatic carbocycles. The van der Waals surface area contributed by atoms with Gasteiger partial charge in [-0.2, -0.15) is 5.26 Å². The molecule has 0 atom stereocenters. The fourth-order valence-corrected chi connectivity index (χ4v) is 3.20. The summed E-state index contributed by atoms with van der Waals surface area (Å²) >= 11 is 1.28. The van der Waals surface area contributed by atoms with E-state index < -0.39 is 4.92 Å². The molecular formula is C14H13N3O2S. The maximum absolute atomic E-state index is 11.0. The summed E-state index contributed by atoms with van der Waals surface area (Å²) in [6, 6.07) is 7.16. The summed E-state index contributed by atoms with van der Waals surface area (Å²) < 4.78 is 0. The zero-order valence-corrected chi connectivity index (χ0v) is 12.0. The van der Waals surface area contributed by atoms with Crippen LogP contribution in [0.2, 0.25) is 0 Å². The van der Waals surface area contributed by atoms with Gasteiger partial charge in [-0.3, -0.25) is 10.1 Å². The number of nitriles is 1. The van der Waals surface area contributed by atoms with E-state index in [0.29, 0.717) is 22.5 Å². The van der Waals surface area contributed by atoms with Crippen LogP contribution >= 0.6 is 11.3 Å². The normalized spacial score (nSPS) is 10.2. The van der Waals surface area contributed by atoms with Crippen LogP contribution in [0.15, 0.2) is 18.2 Å². The molecule has 0 spiro atoms. The molecule has 2 rings (SSSR count). The SMILES string of the molecule is CCc1c(-c2ccc(C)c([N+](=O)[O-])c2)sc(C#N)c1N. The molecule has 2 aromatic rings. The summed E-state index contributed by atoms with van der Waals surface area (Å²) in [7, 11) is 0. The summed E-state index contributed by atoms with van der Waals surface area (Å²) in [6.07, 6.45) is 0.682. The Morgan fingerprint density at radius 1 is 1.50 bits per heavy atom. The van der Waals surface area contributed by atoms with Crippen molar-refractivity contribution in [3.05, 3.63) is 44.3 Å². The molecule has 5 nitrogen and oxygen atoms in total. The van der Waals surface area contributed by atoms with Crippen LogP contribution < -0.4 is 5.73 Å². The van der Waals surface area contributed by atoms with Crippen molar-refractivity contribution < 1.29 is 4.92 Å². The van der Waals surface area contributed by atoms with Gasteiger partial charge in [0.15, 0.2) is 0 Å². The number of rotatable bonds is 3. The predicted octanol–water partition coefficient (Wildman–Crippen LogP) is 3.65. The number of nitrogen functional groups attached to an aromatic ring is 1. The topological polar surface area (TPSA) is 93.0 Å². The first-order valence-electron chi connectivity index (χ1n) is 6.06. The van der Waals surface area contributed by atoms with Gasteiger partial charge in [0.1, 0.15) is 10.9 Å². The summed E-state index contributed by atoms with van der Waals surface area (Å²) in [6.45, 7) is 3.65. The third-order valence-corrected chi connectivity index (χ3v) is 4.37. The maximum Gasteiger partial charge on any atom is 0.272 e. The molecule has 0 aliphatic rings. The molecule has 1 heterocycles. The van der Waals surface area contributed by atoms with Crippen molar-refractivity contribution in [2.45, 2.75) is 20.3 Å². The van der Waals surface area contributed by atoms with E-state index in [4.69, 9.17) is 11.0 Å². The van der Waals surface area contributed by atoms with Crippen LogP contribution in [0.25, 0.3) is 10.4 Å². The van der Waals surface area contributed by atoms with Crippen LogP contribution in [-0.2, 0) is 6.42 Å². The number of nitro groups is 1. The largest absolute Gasteiger partial charge is 0.397 e. The molecule has 6 heteroatoms. The second kappa shape index (κ2) is 5.31. The molecule has 0 aliphatic carbocycles. The standard InChI is InChI=1S/C14H13N3O2S/c1-3-10-13(16)12(7-15)20-14(10)9-5-4-8(2)11(6-9)17(18)19/h4-6H,3,16H2,1-2H3. The number of hydrogen-bond acceptors (Lipinski definition) is 5. The smallest absolute Gasteiger partial charge is 0.272 e. The lowest BCUT2D eigenvalue weighted by molar-refractivity contribution is -0.385. The Labute approximate surface area is 120 Å². The molecule has 0 unspecified atom stereocenters. The molecule has 0 saturated carbocycles. The van der Waals surface area contributed by atoms with E-state index in [9.17, 15) is 10.1 Å². The molecule has 1 aromatic heterocycles. The Hall–Kier alpha value is -2.39. The van der Waals surface area contributed by atoms with Crippen molar-refractivity contribution in [1.29, 1.82) is 5.26 Å². The Bertz CT molecular complexity index is 729. The van der Waals surface area contributed by atoms with Gasteiger partial charge in [-0.25, -0.2) is 0 Å². The lowest BCUT2D eigenvalue weighted by Crippen LogP contribution is -1.94. The lowest BCUT2D eigenvalue weighted by Gasteiger charge is -2.04. The number of nitro benzene ring substituents is 1. The number of benzene rings is 1. The van der Waals surface area contributed by atoms with Crippen LogP contribution in [-0.4, -0.2) is 4.92 Å². The van der Waals surface area contributed by atoms with Crippen molar-refractivity contribution in [2.24, 2.45) is 0 Å². The molecule has 0 saturated heterocycles. The third-order valence-electron chi connectivity index (χ3n) is 3.17. The monoisotopic (exact) mass is 287 g/mol. The molecule has 102 valence electrons. The van der Waals surface area contributed by atoms with E-state index in [2.05, 4.69) is 6.07 Å². The molecule has 0 fully saturated rings. The minimum absolute atomic E-state index is 0.0787. The second-order valence-electron chi connectivity index (χ2n) is 4.38. The highest BCUT2D eigenvalue weighted by molar-refractivity contribution is 7.16. The van der Waals surface area contributed by atoms with E-state index >= 15 is 0 Å². The summed E-state index contributed by atoms with van der Waals surface area (Å²) in [4.78, 5) is 11.9. The summed E-state index contributed by atoms with van der Waals surface area (Å²) in [5, 5.41) is 20.1.